The summed E-state index contributed by atoms with van der Waals surface area (Å²) in [6.45, 7) is 1.18. The molecule has 0 atom stereocenters. The molecule has 0 amide bonds. The van der Waals surface area contributed by atoms with Gasteiger partial charge in [0.1, 0.15) is 18.1 Å². The van der Waals surface area contributed by atoms with Crippen LogP contribution in [0.5, 0.6) is 5.75 Å². The zero-order chi connectivity index (χ0) is 20.9. The Balaban J connectivity index is 1.53. The molecule has 3 heterocycles. The van der Waals surface area contributed by atoms with Crippen molar-refractivity contribution in [1.82, 2.24) is 14.4 Å². The number of fused-ring (bicyclic) bond motifs is 1. The summed E-state index contributed by atoms with van der Waals surface area (Å²) in [6, 6.07) is 28.4. The van der Waals surface area contributed by atoms with Crippen LogP contribution in [0.3, 0.4) is 0 Å². The SMILES string of the molecule is c1ccc(CNc2c(-c3cccnc3)nc3c(OCc4ccccc4)cccn23)cc1. The third-order valence-corrected chi connectivity index (χ3v) is 5.09. The minimum absolute atomic E-state index is 0.488. The van der Waals surface area contributed by atoms with Crippen LogP contribution >= 0.6 is 0 Å². The summed E-state index contributed by atoms with van der Waals surface area (Å²) in [7, 11) is 0. The second kappa shape index (κ2) is 8.71. The summed E-state index contributed by atoms with van der Waals surface area (Å²) in [5.41, 5.74) is 4.89. The molecule has 1 N–H and O–H groups in total. The predicted molar refractivity (Wildman–Crippen MR) is 123 cm³/mol. The molecule has 5 heteroatoms. The standard InChI is InChI=1S/C26H22N4O/c1-3-9-20(10-4-1)17-28-26-24(22-13-7-15-27-18-22)29-25-23(14-8-16-30(25)26)31-19-21-11-5-2-6-12-21/h1-16,18,28H,17,19H2. The van der Waals surface area contributed by atoms with E-state index in [1.54, 1.807) is 6.20 Å². The number of ether oxygens (including phenoxy) is 1. The van der Waals surface area contributed by atoms with E-state index < -0.39 is 0 Å². The Bertz CT molecular complexity index is 1270. The van der Waals surface area contributed by atoms with Crippen LogP contribution < -0.4 is 10.1 Å². The maximum Gasteiger partial charge on any atom is 0.181 e. The van der Waals surface area contributed by atoms with E-state index in [9.17, 15) is 0 Å². The van der Waals surface area contributed by atoms with Crippen LogP contribution in [0.25, 0.3) is 16.9 Å². The first kappa shape index (κ1) is 18.9. The van der Waals surface area contributed by atoms with Gasteiger partial charge in [-0.3, -0.25) is 9.38 Å². The molecule has 0 aliphatic rings. The Morgan fingerprint density at radius 2 is 1.58 bits per heavy atom. The van der Waals surface area contributed by atoms with Gasteiger partial charge in [0, 0.05) is 30.7 Å². The van der Waals surface area contributed by atoms with Crippen LogP contribution in [0, 0.1) is 0 Å². The van der Waals surface area contributed by atoms with E-state index >= 15 is 0 Å². The maximum absolute atomic E-state index is 6.15. The summed E-state index contributed by atoms with van der Waals surface area (Å²) in [4.78, 5) is 9.22. The zero-order valence-corrected chi connectivity index (χ0v) is 17.0. The Labute approximate surface area is 181 Å². The largest absolute Gasteiger partial charge is 0.485 e. The average Bonchev–Trinajstić information content (AvgIpc) is 3.22. The Hall–Kier alpha value is -4.12. The molecule has 0 saturated carbocycles. The highest BCUT2D eigenvalue weighted by Gasteiger charge is 2.17. The second-order valence-electron chi connectivity index (χ2n) is 7.23. The van der Waals surface area contributed by atoms with E-state index in [4.69, 9.17) is 9.72 Å². The first-order valence-corrected chi connectivity index (χ1v) is 10.2. The lowest BCUT2D eigenvalue weighted by molar-refractivity contribution is 0.308. The molecular formula is C26H22N4O. The summed E-state index contributed by atoms with van der Waals surface area (Å²) in [5, 5.41) is 3.57. The van der Waals surface area contributed by atoms with E-state index in [0.717, 1.165) is 34.0 Å². The molecule has 0 aliphatic heterocycles. The second-order valence-corrected chi connectivity index (χ2v) is 7.23. The van der Waals surface area contributed by atoms with Gasteiger partial charge in [-0.15, -0.1) is 0 Å². The third-order valence-electron chi connectivity index (χ3n) is 5.09. The monoisotopic (exact) mass is 406 g/mol. The highest BCUT2D eigenvalue weighted by molar-refractivity contribution is 5.78. The number of rotatable bonds is 7. The number of benzene rings is 2. The van der Waals surface area contributed by atoms with Gasteiger partial charge in [0.25, 0.3) is 0 Å². The highest BCUT2D eigenvalue weighted by Crippen LogP contribution is 2.32. The predicted octanol–water partition coefficient (Wildman–Crippen LogP) is 5.59. The fourth-order valence-electron chi connectivity index (χ4n) is 3.55. The Morgan fingerprint density at radius 3 is 2.32 bits per heavy atom. The van der Waals surface area contributed by atoms with Crippen molar-refractivity contribution < 1.29 is 4.74 Å². The van der Waals surface area contributed by atoms with Gasteiger partial charge in [-0.1, -0.05) is 60.7 Å². The maximum atomic E-state index is 6.15. The lowest BCUT2D eigenvalue weighted by atomic mass is 10.2. The van der Waals surface area contributed by atoms with Crippen molar-refractivity contribution in [2.45, 2.75) is 13.2 Å². The van der Waals surface area contributed by atoms with Crippen LogP contribution in [0.2, 0.25) is 0 Å². The third kappa shape index (κ3) is 4.12. The number of imidazole rings is 1. The molecule has 3 aromatic heterocycles. The van der Waals surface area contributed by atoms with Gasteiger partial charge in [0.15, 0.2) is 11.4 Å². The molecule has 0 radical (unpaired) electrons. The van der Waals surface area contributed by atoms with Crippen molar-refractivity contribution in [1.29, 1.82) is 0 Å². The quantitative estimate of drug-likeness (QED) is 0.383. The zero-order valence-electron chi connectivity index (χ0n) is 17.0. The van der Waals surface area contributed by atoms with E-state index in [2.05, 4.69) is 34.6 Å². The first-order chi connectivity index (χ1) is 15.4. The lowest BCUT2D eigenvalue weighted by Crippen LogP contribution is -2.04. The molecule has 0 saturated heterocycles. The van der Waals surface area contributed by atoms with Gasteiger partial charge in [-0.2, -0.15) is 0 Å². The van der Waals surface area contributed by atoms with Gasteiger partial charge in [-0.05, 0) is 35.4 Å². The summed E-state index contributed by atoms with van der Waals surface area (Å²) in [6.07, 6.45) is 5.61. The van der Waals surface area contributed by atoms with E-state index in [1.807, 2.05) is 77.5 Å². The van der Waals surface area contributed by atoms with Crippen LogP contribution in [0.4, 0.5) is 5.82 Å². The minimum atomic E-state index is 0.488. The van der Waals surface area contributed by atoms with Gasteiger partial charge < -0.3 is 10.1 Å². The molecule has 152 valence electrons. The van der Waals surface area contributed by atoms with Crippen molar-refractivity contribution >= 4 is 11.5 Å². The van der Waals surface area contributed by atoms with Crippen LogP contribution in [-0.2, 0) is 13.2 Å². The minimum Gasteiger partial charge on any atom is -0.485 e. The molecule has 0 bridgehead atoms. The Morgan fingerprint density at radius 1 is 0.806 bits per heavy atom. The molecular weight excluding hydrogens is 384 g/mol. The molecule has 0 aliphatic carbocycles. The van der Waals surface area contributed by atoms with Crippen molar-refractivity contribution in [3.05, 3.63) is 115 Å². The fourth-order valence-corrected chi connectivity index (χ4v) is 3.55. The van der Waals surface area contributed by atoms with Gasteiger partial charge in [-0.25, -0.2) is 4.98 Å². The average molecular weight is 406 g/mol. The van der Waals surface area contributed by atoms with Crippen LogP contribution in [0.15, 0.2) is 104 Å². The van der Waals surface area contributed by atoms with Crippen molar-refractivity contribution in [2.24, 2.45) is 0 Å². The summed E-state index contributed by atoms with van der Waals surface area (Å²) in [5.74, 6) is 1.65. The number of hydrogen-bond donors (Lipinski definition) is 1. The number of nitrogens with zero attached hydrogens (tertiary/aromatic N) is 3. The molecule has 0 fully saturated rings. The molecule has 0 unspecified atom stereocenters. The number of hydrogen-bond acceptors (Lipinski definition) is 4. The highest BCUT2D eigenvalue weighted by atomic mass is 16.5. The Kier molecular flexibility index (Phi) is 5.31. The normalized spacial score (nSPS) is 10.8. The fraction of sp³-hybridized carbons (Fsp3) is 0.0769. The summed E-state index contributed by atoms with van der Waals surface area (Å²) >= 11 is 0. The van der Waals surface area contributed by atoms with Crippen molar-refractivity contribution in [2.75, 3.05) is 5.32 Å². The smallest absolute Gasteiger partial charge is 0.181 e. The first-order valence-electron chi connectivity index (χ1n) is 10.2. The number of aromatic nitrogens is 3. The molecule has 0 spiro atoms. The van der Waals surface area contributed by atoms with E-state index in [-0.39, 0.29) is 0 Å². The molecule has 5 rings (SSSR count). The molecule has 5 aromatic rings. The van der Waals surface area contributed by atoms with Crippen molar-refractivity contribution in [3.63, 3.8) is 0 Å². The van der Waals surface area contributed by atoms with Crippen LogP contribution in [-0.4, -0.2) is 14.4 Å². The topological polar surface area (TPSA) is 51.5 Å². The van der Waals surface area contributed by atoms with Crippen LogP contribution in [0.1, 0.15) is 11.1 Å². The number of nitrogens with one attached hydrogen (secondary N) is 1. The molecule has 2 aromatic carbocycles. The van der Waals surface area contributed by atoms with Gasteiger partial charge in [0.2, 0.25) is 0 Å². The number of pyridine rings is 2. The molecule has 5 nitrogen and oxygen atoms in total. The van der Waals surface area contributed by atoms with E-state index in [0.29, 0.717) is 13.2 Å². The summed E-state index contributed by atoms with van der Waals surface area (Å²) < 4.78 is 8.19. The van der Waals surface area contributed by atoms with Gasteiger partial charge in [0.05, 0.1) is 0 Å². The van der Waals surface area contributed by atoms with Gasteiger partial charge >= 0.3 is 0 Å². The van der Waals surface area contributed by atoms with E-state index in [1.165, 1.54) is 5.56 Å². The lowest BCUT2D eigenvalue weighted by Gasteiger charge is -2.10. The molecule has 31 heavy (non-hydrogen) atoms. The van der Waals surface area contributed by atoms with Crippen molar-refractivity contribution in [3.8, 4) is 17.0 Å². The number of anilines is 1.